The van der Waals surface area contributed by atoms with Crippen LogP contribution < -0.4 is 0 Å². The molecule has 0 spiro atoms. The molecular weight excluding hydrogens is 250 g/mol. The van der Waals surface area contributed by atoms with Crippen LogP contribution in [-0.4, -0.2) is 23.9 Å². The summed E-state index contributed by atoms with van der Waals surface area (Å²) in [5.74, 6) is 0.989. The van der Waals surface area contributed by atoms with Crippen molar-refractivity contribution in [2.45, 2.75) is 37.5 Å². The number of hydrogen-bond donors (Lipinski definition) is 1. The maximum absolute atomic E-state index is 12.3. The smallest absolute Gasteiger partial charge is 0.263 e. The molecule has 1 unspecified atom stereocenters. The second-order valence-electron chi connectivity index (χ2n) is 4.67. The number of carbonyl (C=O) groups excluding carboxylic acids is 1. The van der Waals surface area contributed by atoms with Gasteiger partial charge in [0.2, 0.25) is 0 Å². The summed E-state index contributed by atoms with van der Waals surface area (Å²) in [5, 5.41) is 1.92. The average Bonchev–Trinajstić information content (AvgIpc) is 2.64. The van der Waals surface area contributed by atoms with Gasteiger partial charge in [-0.1, -0.05) is 13.3 Å². The zero-order valence-corrected chi connectivity index (χ0v) is 11.9. The summed E-state index contributed by atoms with van der Waals surface area (Å²) < 4.78 is 0. The molecule has 0 aliphatic carbocycles. The van der Waals surface area contributed by atoms with Crippen molar-refractivity contribution in [3.8, 4) is 0 Å². The van der Waals surface area contributed by atoms with Crippen molar-refractivity contribution in [1.29, 1.82) is 0 Å². The number of likely N-dealkylation sites (tertiary alicyclic amines) is 1. The molecule has 17 heavy (non-hydrogen) atoms. The zero-order valence-electron chi connectivity index (χ0n) is 10.2. The van der Waals surface area contributed by atoms with E-state index in [9.17, 15) is 4.79 Å². The number of rotatable bonds is 2. The highest BCUT2D eigenvalue weighted by Gasteiger charge is 2.21. The summed E-state index contributed by atoms with van der Waals surface area (Å²) in [6.45, 7) is 4.07. The number of hydrogen-bond acceptors (Lipinski definition) is 3. The van der Waals surface area contributed by atoms with Gasteiger partial charge in [0.05, 0.1) is 4.88 Å². The molecule has 1 aliphatic rings. The van der Waals surface area contributed by atoms with Gasteiger partial charge in [-0.3, -0.25) is 4.79 Å². The quantitative estimate of drug-likeness (QED) is 0.812. The molecule has 1 amide bonds. The minimum atomic E-state index is 0.187. The van der Waals surface area contributed by atoms with Gasteiger partial charge in [0.1, 0.15) is 0 Å². The molecule has 2 heterocycles. The molecule has 1 aliphatic heterocycles. The Kier molecular flexibility index (Phi) is 4.51. The van der Waals surface area contributed by atoms with Crippen LogP contribution in [-0.2, 0) is 0 Å². The molecule has 94 valence electrons. The van der Waals surface area contributed by atoms with E-state index in [0.29, 0.717) is 0 Å². The molecule has 1 aromatic heterocycles. The number of nitrogens with zero attached hydrogens (tertiary/aromatic N) is 1. The molecule has 0 N–H and O–H groups in total. The maximum Gasteiger partial charge on any atom is 0.263 e. The van der Waals surface area contributed by atoms with E-state index in [-0.39, 0.29) is 5.91 Å². The fourth-order valence-corrected chi connectivity index (χ4v) is 3.49. The van der Waals surface area contributed by atoms with E-state index in [2.05, 4.69) is 19.6 Å². The molecule has 1 aromatic rings. The summed E-state index contributed by atoms with van der Waals surface area (Å²) in [4.78, 5) is 16.0. The number of amides is 1. The van der Waals surface area contributed by atoms with Crippen LogP contribution in [0.2, 0.25) is 0 Å². The summed E-state index contributed by atoms with van der Waals surface area (Å²) in [6, 6.07) is 1.87. The highest BCUT2D eigenvalue weighted by Crippen LogP contribution is 2.24. The number of thiophene rings is 1. The van der Waals surface area contributed by atoms with Gasteiger partial charge in [0.25, 0.3) is 5.91 Å². The lowest BCUT2D eigenvalue weighted by molar-refractivity contribution is 0.0764. The van der Waals surface area contributed by atoms with Gasteiger partial charge in [-0.15, -0.1) is 24.0 Å². The van der Waals surface area contributed by atoms with Crippen LogP contribution in [0, 0.1) is 5.92 Å². The first-order valence-electron chi connectivity index (χ1n) is 6.27. The molecule has 1 saturated heterocycles. The van der Waals surface area contributed by atoms with E-state index in [4.69, 9.17) is 0 Å². The lowest BCUT2D eigenvalue weighted by atomic mass is 9.98. The average molecular weight is 269 g/mol. The van der Waals surface area contributed by atoms with Crippen molar-refractivity contribution in [2.75, 3.05) is 13.1 Å². The van der Waals surface area contributed by atoms with Gasteiger partial charge < -0.3 is 4.90 Å². The molecule has 0 radical (unpaired) electrons. The van der Waals surface area contributed by atoms with Gasteiger partial charge in [-0.25, -0.2) is 0 Å². The second kappa shape index (κ2) is 5.91. The topological polar surface area (TPSA) is 20.3 Å². The van der Waals surface area contributed by atoms with Crippen molar-refractivity contribution in [3.63, 3.8) is 0 Å². The molecule has 0 bridgehead atoms. The van der Waals surface area contributed by atoms with Crippen LogP contribution in [0.5, 0.6) is 0 Å². The fourth-order valence-electron chi connectivity index (χ4n) is 2.37. The van der Waals surface area contributed by atoms with Crippen LogP contribution in [0.4, 0.5) is 0 Å². The van der Waals surface area contributed by atoms with Gasteiger partial charge in [-0.2, -0.15) is 0 Å². The van der Waals surface area contributed by atoms with Crippen LogP contribution in [0.3, 0.4) is 0 Å². The lowest BCUT2D eigenvalue weighted by Gasteiger charge is -2.19. The van der Waals surface area contributed by atoms with Crippen molar-refractivity contribution >= 4 is 29.9 Å². The zero-order chi connectivity index (χ0) is 12.3. The Hall–Kier alpha value is -0.480. The van der Waals surface area contributed by atoms with Gasteiger partial charge in [0, 0.05) is 23.4 Å². The van der Waals surface area contributed by atoms with Crippen molar-refractivity contribution in [3.05, 3.63) is 16.3 Å². The number of carbonyl (C=O) groups is 1. The first-order chi connectivity index (χ1) is 8.20. The molecule has 1 atom stereocenters. The molecular formula is C13H19NOS2. The minimum absolute atomic E-state index is 0.187. The monoisotopic (exact) mass is 269 g/mol. The first-order valence-corrected chi connectivity index (χ1v) is 7.60. The minimum Gasteiger partial charge on any atom is -0.338 e. The lowest BCUT2D eigenvalue weighted by Crippen LogP contribution is -2.31. The second-order valence-corrected chi connectivity index (χ2v) is 6.09. The van der Waals surface area contributed by atoms with E-state index in [1.807, 2.05) is 16.3 Å². The largest absolute Gasteiger partial charge is 0.338 e. The summed E-state index contributed by atoms with van der Waals surface area (Å²) in [5.41, 5.74) is 0. The first kappa shape index (κ1) is 13.0. The van der Waals surface area contributed by atoms with Crippen LogP contribution in [0.25, 0.3) is 0 Å². The molecule has 2 nitrogen and oxygen atoms in total. The molecule has 0 aromatic carbocycles. The third-order valence-electron chi connectivity index (χ3n) is 3.51. The predicted molar refractivity (Wildman–Crippen MR) is 75.1 cm³/mol. The third-order valence-corrected chi connectivity index (χ3v) is 4.86. The normalized spacial score (nSPS) is 21.3. The van der Waals surface area contributed by atoms with Gasteiger partial charge in [0.15, 0.2) is 0 Å². The Morgan fingerprint density at radius 3 is 3.00 bits per heavy atom. The highest BCUT2D eigenvalue weighted by atomic mass is 32.1. The molecule has 1 fully saturated rings. The van der Waals surface area contributed by atoms with E-state index in [1.54, 1.807) is 0 Å². The Bertz CT molecular complexity index is 389. The van der Waals surface area contributed by atoms with Gasteiger partial charge >= 0.3 is 0 Å². The van der Waals surface area contributed by atoms with Gasteiger partial charge in [-0.05, 0) is 31.2 Å². The standard InChI is InChI=1S/C13H19NOS2/c1-2-10-4-3-6-14(7-5-10)13(15)12-8-11(16)9-17-12/h8-10,16H,2-7H2,1H3. The Morgan fingerprint density at radius 2 is 2.35 bits per heavy atom. The van der Waals surface area contributed by atoms with E-state index in [1.165, 1.54) is 24.2 Å². The molecule has 4 heteroatoms. The molecule has 0 saturated carbocycles. The molecule has 2 rings (SSSR count). The highest BCUT2D eigenvalue weighted by molar-refractivity contribution is 7.80. The Balaban J connectivity index is 2.00. The SMILES string of the molecule is CCC1CCCN(C(=O)c2cc(S)cs2)CC1. The van der Waals surface area contributed by atoms with E-state index < -0.39 is 0 Å². The van der Waals surface area contributed by atoms with Crippen LogP contribution >= 0.6 is 24.0 Å². The van der Waals surface area contributed by atoms with Crippen LogP contribution in [0.15, 0.2) is 16.3 Å². The van der Waals surface area contributed by atoms with E-state index >= 15 is 0 Å². The Morgan fingerprint density at radius 1 is 1.53 bits per heavy atom. The summed E-state index contributed by atoms with van der Waals surface area (Å²) in [7, 11) is 0. The predicted octanol–water partition coefficient (Wildman–Crippen LogP) is 3.69. The fraction of sp³-hybridized carbons (Fsp3) is 0.615. The van der Waals surface area contributed by atoms with Crippen molar-refractivity contribution < 1.29 is 4.79 Å². The summed E-state index contributed by atoms with van der Waals surface area (Å²) >= 11 is 5.75. The summed E-state index contributed by atoms with van der Waals surface area (Å²) in [6.07, 6.45) is 4.80. The van der Waals surface area contributed by atoms with E-state index in [0.717, 1.165) is 41.6 Å². The Labute approximate surface area is 112 Å². The third kappa shape index (κ3) is 3.26. The maximum atomic E-state index is 12.3. The number of thiol groups is 1. The van der Waals surface area contributed by atoms with Crippen molar-refractivity contribution in [2.24, 2.45) is 5.92 Å². The van der Waals surface area contributed by atoms with Crippen LogP contribution in [0.1, 0.15) is 42.3 Å². The van der Waals surface area contributed by atoms with Crippen molar-refractivity contribution in [1.82, 2.24) is 4.90 Å².